The molecule has 0 heterocycles. The maximum absolute atomic E-state index is 12.2. The largest absolute Gasteiger partial charge is 0.324 e. The number of anilines is 1. The van der Waals surface area contributed by atoms with E-state index in [0.29, 0.717) is 5.92 Å². The second-order valence-corrected chi connectivity index (χ2v) is 5.66. The van der Waals surface area contributed by atoms with Crippen LogP contribution in [0.1, 0.15) is 42.5 Å². The molecule has 3 N–H and O–H groups in total. The second-order valence-electron chi connectivity index (χ2n) is 5.66. The minimum absolute atomic E-state index is 0.195. The first-order valence-electron chi connectivity index (χ1n) is 7.20. The summed E-state index contributed by atoms with van der Waals surface area (Å²) >= 11 is 0. The number of nitrogens with two attached hydrogens (primary N) is 1. The zero-order valence-electron chi connectivity index (χ0n) is 12.8. The fourth-order valence-corrected chi connectivity index (χ4v) is 2.12. The van der Waals surface area contributed by atoms with Crippen molar-refractivity contribution in [2.24, 2.45) is 5.73 Å². The van der Waals surface area contributed by atoms with Crippen LogP contribution in [0.2, 0.25) is 0 Å². The summed E-state index contributed by atoms with van der Waals surface area (Å²) in [6, 6.07) is 14.9. The first-order valence-corrected chi connectivity index (χ1v) is 7.20. The molecule has 0 aliphatic carbocycles. The van der Waals surface area contributed by atoms with Crippen molar-refractivity contribution < 1.29 is 4.79 Å². The highest BCUT2D eigenvalue weighted by molar-refractivity contribution is 5.95. The minimum Gasteiger partial charge on any atom is -0.324 e. The Labute approximate surface area is 126 Å². The predicted molar refractivity (Wildman–Crippen MR) is 87.3 cm³/mol. The first kappa shape index (κ1) is 15.3. The van der Waals surface area contributed by atoms with Gasteiger partial charge in [-0.1, -0.05) is 55.8 Å². The summed E-state index contributed by atoms with van der Waals surface area (Å²) in [7, 11) is 0. The molecule has 21 heavy (non-hydrogen) atoms. The van der Waals surface area contributed by atoms with Crippen molar-refractivity contribution in [1.29, 1.82) is 0 Å². The third-order valence-corrected chi connectivity index (χ3v) is 3.54. The van der Waals surface area contributed by atoms with Crippen molar-refractivity contribution in [2.75, 3.05) is 5.32 Å². The smallest absolute Gasteiger partial charge is 0.245 e. The number of hydrogen-bond acceptors (Lipinski definition) is 2. The van der Waals surface area contributed by atoms with Crippen LogP contribution in [-0.2, 0) is 4.79 Å². The topological polar surface area (TPSA) is 55.1 Å². The lowest BCUT2D eigenvalue weighted by atomic mass is 10.0. The Balaban J connectivity index is 2.10. The van der Waals surface area contributed by atoms with E-state index in [4.69, 9.17) is 5.73 Å². The molecule has 2 aromatic carbocycles. The molecule has 1 unspecified atom stereocenters. The highest BCUT2D eigenvalue weighted by Gasteiger charge is 2.15. The summed E-state index contributed by atoms with van der Waals surface area (Å²) in [6.07, 6.45) is 0. The predicted octanol–water partition coefficient (Wildman–Crippen LogP) is 3.76. The molecule has 0 saturated carbocycles. The van der Waals surface area contributed by atoms with Gasteiger partial charge in [-0.25, -0.2) is 0 Å². The molecule has 3 heteroatoms. The summed E-state index contributed by atoms with van der Waals surface area (Å²) in [5, 5.41) is 2.89. The van der Waals surface area contributed by atoms with E-state index in [1.54, 1.807) is 0 Å². The SMILES string of the molecule is Cc1ccc(C(N)C(=O)Nc2cccc(C(C)C)c2)cc1. The molecule has 0 radical (unpaired) electrons. The number of benzene rings is 2. The van der Waals surface area contributed by atoms with Crippen LogP contribution in [0.25, 0.3) is 0 Å². The van der Waals surface area contributed by atoms with Crippen molar-refractivity contribution in [1.82, 2.24) is 0 Å². The van der Waals surface area contributed by atoms with Crippen LogP contribution >= 0.6 is 0 Å². The van der Waals surface area contributed by atoms with Gasteiger partial charge in [0.25, 0.3) is 0 Å². The Morgan fingerprint density at radius 2 is 1.71 bits per heavy atom. The molecular formula is C18H22N2O. The van der Waals surface area contributed by atoms with Gasteiger partial charge in [0.05, 0.1) is 0 Å². The fraction of sp³-hybridized carbons (Fsp3) is 0.278. The molecule has 2 rings (SSSR count). The Bertz CT molecular complexity index is 617. The number of rotatable bonds is 4. The van der Waals surface area contributed by atoms with Gasteiger partial charge in [0.15, 0.2) is 0 Å². The van der Waals surface area contributed by atoms with Gasteiger partial charge in [0.2, 0.25) is 5.91 Å². The van der Waals surface area contributed by atoms with Gasteiger partial charge >= 0.3 is 0 Å². The maximum Gasteiger partial charge on any atom is 0.245 e. The van der Waals surface area contributed by atoms with Gasteiger partial charge in [-0.3, -0.25) is 4.79 Å². The number of amides is 1. The van der Waals surface area contributed by atoms with Gasteiger partial charge in [-0.15, -0.1) is 0 Å². The van der Waals surface area contributed by atoms with Crippen LogP contribution in [0.5, 0.6) is 0 Å². The lowest BCUT2D eigenvalue weighted by molar-refractivity contribution is -0.117. The third kappa shape index (κ3) is 3.92. The highest BCUT2D eigenvalue weighted by atomic mass is 16.2. The van der Waals surface area contributed by atoms with Crippen LogP contribution in [0, 0.1) is 6.92 Å². The summed E-state index contributed by atoms with van der Waals surface area (Å²) in [4.78, 5) is 12.2. The molecule has 0 bridgehead atoms. The molecule has 0 aliphatic rings. The van der Waals surface area contributed by atoms with Crippen LogP contribution in [0.15, 0.2) is 48.5 Å². The lowest BCUT2D eigenvalue weighted by Gasteiger charge is -2.14. The van der Waals surface area contributed by atoms with E-state index in [9.17, 15) is 4.79 Å². The molecule has 0 fully saturated rings. The maximum atomic E-state index is 12.2. The van der Waals surface area contributed by atoms with Crippen molar-refractivity contribution >= 4 is 11.6 Å². The Morgan fingerprint density at radius 1 is 1.05 bits per heavy atom. The number of nitrogens with one attached hydrogen (secondary N) is 1. The highest BCUT2D eigenvalue weighted by Crippen LogP contribution is 2.20. The van der Waals surface area contributed by atoms with Crippen molar-refractivity contribution in [3.8, 4) is 0 Å². The Hall–Kier alpha value is -2.13. The van der Waals surface area contributed by atoms with Crippen LogP contribution < -0.4 is 11.1 Å². The molecule has 0 aliphatic heterocycles. The first-order chi connectivity index (χ1) is 9.97. The molecule has 3 nitrogen and oxygen atoms in total. The van der Waals surface area contributed by atoms with Crippen LogP contribution in [0.4, 0.5) is 5.69 Å². The van der Waals surface area contributed by atoms with Gasteiger partial charge in [-0.05, 0) is 36.1 Å². The van der Waals surface area contributed by atoms with E-state index >= 15 is 0 Å². The summed E-state index contributed by atoms with van der Waals surface area (Å²) in [5.41, 5.74) is 9.97. The summed E-state index contributed by atoms with van der Waals surface area (Å²) in [5.74, 6) is 0.229. The molecule has 110 valence electrons. The Kier molecular flexibility index (Phi) is 4.76. The molecular weight excluding hydrogens is 260 g/mol. The molecule has 1 atom stereocenters. The van der Waals surface area contributed by atoms with E-state index in [-0.39, 0.29) is 5.91 Å². The molecule has 0 aromatic heterocycles. The van der Waals surface area contributed by atoms with Crippen LogP contribution in [-0.4, -0.2) is 5.91 Å². The van der Waals surface area contributed by atoms with Crippen molar-refractivity contribution in [2.45, 2.75) is 32.7 Å². The third-order valence-electron chi connectivity index (χ3n) is 3.54. The zero-order valence-corrected chi connectivity index (χ0v) is 12.8. The standard InChI is InChI=1S/C18H22N2O/c1-12(2)15-5-4-6-16(11-15)20-18(21)17(19)14-9-7-13(3)8-10-14/h4-12,17H,19H2,1-3H3,(H,20,21). The minimum atomic E-state index is -0.659. The van der Waals surface area contributed by atoms with E-state index in [1.807, 2.05) is 49.4 Å². The van der Waals surface area contributed by atoms with Crippen molar-refractivity contribution in [3.63, 3.8) is 0 Å². The van der Waals surface area contributed by atoms with Crippen LogP contribution in [0.3, 0.4) is 0 Å². The quantitative estimate of drug-likeness (QED) is 0.897. The molecule has 0 saturated heterocycles. The fourth-order valence-electron chi connectivity index (χ4n) is 2.12. The van der Waals surface area contributed by atoms with Crippen molar-refractivity contribution in [3.05, 3.63) is 65.2 Å². The molecule has 0 spiro atoms. The lowest BCUT2D eigenvalue weighted by Crippen LogP contribution is -2.27. The summed E-state index contributed by atoms with van der Waals surface area (Å²) in [6.45, 7) is 6.25. The monoisotopic (exact) mass is 282 g/mol. The molecule has 2 aromatic rings. The van der Waals surface area contributed by atoms with E-state index in [1.165, 1.54) is 5.56 Å². The second kappa shape index (κ2) is 6.55. The van der Waals surface area contributed by atoms with Gasteiger partial charge in [0.1, 0.15) is 6.04 Å². The Morgan fingerprint density at radius 3 is 2.33 bits per heavy atom. The zero-order chi connectivity index (χ0) is 15.4. The number of carbonyl (C=O) groups is 1. The van der Waals surface area contributed by atoms with Gasteiger partial charge in [-0.2, -0.15) is 0 Å². The van der Waals surface area contributed by atoms with E-state index in [0.717, 1.165) is 16.8 Å². The number of aryl methyl sites for hydroxylation is 1. The average Bonchev–Trinajstić information content (AvgIpc) is 2.47. The normalized spacial score (nSPS) is 12.2. The van der Waals surface area contributed by atoms with Gasteiger partial charge < -0.3 is 11.1 Å². The molecule has 1 amide bonds. The van der Waals surface area contributed by atoms with E-state index < -0.39 is 6.04 Å². The number of hydrogen-bond donors (Lipinski definition) is 2. The summed E-state index contributed by atoms with van der Waals surface area (Å²) < 4.78 is 0. The number of carbonyl (C=O) groups excluding carboxylic acids is 1. The van der Waals surface area contributed by atoms with E-state index in [2.05, 4.69) is 25.2 Å². The van der Waals surface area contributed by atoms with Gasteiger partial charge in [0, 0.05) is 5.69 Å². The average molecular weight is 282 g/mol.